The zero-order valence-electron chi connectivity index (χ0n) is 7.21. The van der Waals surface area contributed by atoms with Crippen LogP contribution >= 0.6 is 12.2 Å². The normalized spacial score (nSPS) is 10.1. The van der Waals surface area contributed by atoms with Crippen LogP contribution in [0.4, 0.5) is 0 Å². The van der Waals surface area contributed by atoms with E-state index in [1.807, 2.05) is 0 Å². The van der Waals surface area contributed by atoms with Crippen LogP contribution in [0.3, 0.4) is 0 Å². The SMILES string of the molecule is CCCCCc1nc(C=S)n[nH]1. The van der Waals surface area contributed by atoms with Gasteiger partial charge in [0.25, 0.3) is 0 Å². The highest BCUT2D eigenvalue weighted by Gasteiger charge is 1.98. The van der Waals surface area contributed by atoms with Crippen LogP contribution in [0.25, 0.3) is 0 Å². The number of aromatic nitrogens is 3. The van der Waals surface area contributed by atoms with Crippen LogP contribution in [-0.4, -0.2) is 20.5 Å². The maximum absolute atomic E-state index is 4.70. The van der Waals surface area contributed by atoms with Gasteiger partial charge in [-0.2, -0.15) is 5.10 Å². The number of aromatic amines is 1. The molecular formula is C8H13N3S. The Bertz CT molecular complexity index is 244. The van der Waals surface area contributed by atoms with Crippen molar-refractivity contribution in [3.05, 3.63) is 11.6 Å². The van der Waals surface area contributed by atoms with Crippen LogP contribution in [-0.2, 0) is 6.42 Å². The fourth-order valence-electron chi connectivity index (χ4n) is 1.02. The van der Waals surface area contributed by atoms with Crippen LogP contribution < -0.4 is 0 Å². The molecule has 0 saturated heterocycles. The first-order chi connectivity index (χ1) is 5.86. The minimum atomic E-state index is 0.622. The molecule has 0 aliphatic rings. The van der Waals surface area contributed by atoms with E-state index in [2.05, 4.69) is 22.1 Å². The highest BCUT2D eigenvalue weighted by molar-refractivity contribution is 7.79. The highest BCUT2D eigenvalue weighted by Crippen LogP contribution is 2.00. The van der Waals surface area contributed by atoms with Gasteiger partial charge < -0.3 is 0 Å². The van der Waals surface area contributed by atoms with Crippen molar-refractivity contribution in [3.63, 3.8) is 0 Å². The van der Waals surface area contributed by atoms with Gasteiger partial charge >= 0.3 is 0 Å². The first-order valence-corrected chi connectivity index (χ1v) is 4.70. The Morgan fingerprint density at radius 1 is 1.50 bits per heavy atom. The summed E-state index contributed by atoms with van der Waals surface area (Å²) in [5.41, 5.74) is 0. The van der Waals surface area contributed by atoms with Gasteiger partial charge in [0.05, 0.1) is 0 Å². The third kappa shape index (κ3) is 2.70. The number of aryl methyl sites for hydroxylation is 1. The van der Waals surface area contributed by atoms with Crippen molar-refractivity contribution in [1.29, 1.82) is 0 Å². The molecule has 1 N–H and O–H groups in total. The van der Waals surface area contributed by atoms with Crippen molar-refractivity contribution in [2.75, 3.05) is 0 Å². The van der Waals surface area contributed by atoms with E-state index in [9.17, 15) is 0 Å². The van der Waals surface area contributed by atoms with Gasteiger partial charge in [-0.15, -0.1) is 0 Å². The lowest BCUT2D eigenvalue weighted by Gasteiger charge is -1.92. The Kier molecular flexibility index (Phi) is 3.87. The quantitative estimate of drug-likeness (QED) is 0.560. The lowest BCUT2D eigenvalue weighted by atomic mass is 10.2. The van der Waals surface area contributed by atoms with Crippen LogP contribution in [0.1, 0.15) is 37.8 Å². The van der Waals surface area contributed by atoms with Gasteiger partial charge in [-0.25, -0.2) is 4.98 Å². The van der Waals surface area contributed by atoms with Crippen molar-refractivity contribution < 1.29 is 0 Å². The summed E-state index contributed by atoms with van der Waals surface area (Å²) < 4.78 is 0. The second kappa shape index (κ2) is 4.98. The van der Waals surface area contributed by atoms with Gasteiger partial charge in [0.1, 0.15) is 5.82 Å². The molecule has 0 bridgehead atoms. The monoisotopic (exact) mass is 183 g/mol. The standard InChI is InChI=1S/C8H13N3S/c1-2-3-4-5-7-9-8(6-12)11-10-7/h6H,2-5H2,1H3,(H,9,10,11). The minimum Gasteiger partial charge on any atom is -0.263 e. The van der Waals surface area contributed by atoms with Crippen molar-refractivity contribution in [3.8, 4) is 0 Å². The van der Waals surface area contributed by atoms with Gasteiger partial charge in [0.15, 0.2) is 5.82 Å². The molecule has 0 fully saturated rings. The molecule has 4 heteroatoms. The Balaban J connectivity index is 2.36. The zero-order valence-corrected chi connectivity index (χ0v) is 8.02. The molecule has 1 aromatic heterocycles. The highest BCUT2D eigenvalue weighted by atomic mass is 32.1. The second-order valence-electron chi connectivity index (χ2n) is 2.72. The summed E-state index contributed by atoms with van der Waals surface area (Å²) in [6.07, 6.45) is 4.62. The Labute approximate surface area is 77.6 Å². The van der Waals surface area contributed by atoms with Gasteiger partial charge in [0.2, 0.25) is 0 Å². The smallest absolute Gasteiger partial charge is 0.184 e. The maximum Gasteiger partial charge on any atom is 0.184 e. The molecule has 0 aromatic carbocycles. The number of nitrogens with zero attached hydrogens (tertiary/aromatic N) is 2. The number of rotatable bonds is 5. The minimum absolute atomic E-state index is 0.622. The Morgan fingerprint density at radius 2 is 2.33 bits per heavy atom. The summed E-state index contributed by atoms with van der Waals surface area (Å²) in [6.45, 7) is 2.18. The molecule has 1 aromatic rings. The zero-order chi connectivity index (χ0) is 8.81. The molecular weight excluding hydrogens is 170 g/mol. The predicted octanol–water partition coefficient (Wildman–Crippen LogP) is 1.89. The number of hydrogen-bond acceptors (Lipinski definition) is 3. The van der Waals surface area contributed by atoms with E-state index in [4.69, 9.17) is 12.2 Å². The molecule has 0 aliphatic heterocycles. The number of thiocarbonyl (C=S) groups is 1. The number of hydrogen-bond donors (Lipinski definition) is 1. The molecule has 0 unspecified atom stereocenters. The second-order valence-corrected chi connectivity index (χ2v) is 2.95. The molecule has 0 amide bonds. The Hall–Kier alpha value is -0.770. The predicted molar refractivity (Wildman–Crippen MR) is 52.4 cm³/mol. The summed E-state index contributed by atoms with van der Waals surface area (Å²) in [7, 11) is 0. The van der Waals surface area contributed by atoms with Crippen LogP contribution in [0, 0.1) is 0 Å². The molecule has 0 saturated carbocycles. The molecule has 1 rings (SSSR count). The Morgan fingerprint density at radius 3 is 2.92 bits per heavy atom. The summed E-state index contributed by atoms with van der Waals surface area (Å²) in [5, 5.41) is 8.26. The van der Waals surface area contributed by atoms with Crippen LogP contribution in [0.15, 0.2) is 0 Å². The van der Waals surface area contributed by atoms with E-state index in [1.165, 1.54) is 24.6 Å². The average Bonchev–Trinajstić information content (AvgIpc) is 2.53. The summed E-state index contributed by atoms with van der Waals surface area (Å²) in [6, 6.07) is 0. The van der Waals surface area contributed by atoms with E-state index >= 15 is 0 Å². The maximum atomic E-state index is 4.70. The van der Waals surface area contributed by atoms with E-state index < -0.39 is 0 Å². The third-order valence-corrected chi connectivity index (χ3v) is 1.88. The van der Waals surface area contributed by atoms with E-state index in [1.54, 1.807) is 0 Å². The first-order valence-electron chi connectivity index (χ1n) is 4.23. The molecule has 0 atom stereocenters. The molecule has 3 nitrogen and oxygen atoms in total. The topological polar surface area (TPSA) is 41.6 Å². The van der Waals surface area contributed by atoms with E-state index in [-0.39, 0.29) is 0 Å². The van der Waals surface area contributed by atoms with E-state index in [0.717, 1.165) is 12.2 Å². The van der Waals surface area contributed by atoms with E-state index in [0.29, 0.717) is 5.82 Å². The molecule has 1 heterocycles. The van der Waals surface area contributed by atoms with Crippen molar-refractivity contribution in [2.24, 2.45) is 0 Å². The van der Waals surface area contributed by atoms with Gasteiger partial charge in [-0.1, -0.05) is 32.0 Å². The van der Waals surface area contributed by atoms with Gasteiger partial charge in [-0.3, -0.25) is 5.10 Å². The van der Waals surface area contributed by atoms with Crippen LogP contribution in [0.2, 0.25) is 0 Å². The first kappa shape index (κ1) is 9.32. The largest absolute Gasteiger partial charge is 0.263 e. The van der Waals surface area contributed by atoms with Crippen molar-refractivity contribution >= 4 is 17.6 Å². The van der Waals surface area contributed by atoms with Crippen molar-refractivity contribution in [1.82, 2.24) is 15.2 Å². The fourth-order valence-corrected chi connectivity index (χ4v) is 1.12. The summed E-state index contributed by atoms with van der Waals surface area (Å²) in [4.78, 5) is 4.17. The number of unbranched alkanes of at least 4 members (excludes halogenated alkanes) is 2. The lowest BCUT2D eigenvalue weighted by molar-refractivity contribution is 0.695. The van der Waals surface area contributed by atoms with Crippen molar-refractivity contribution in [2.45, 2.75) is 32.6 Å². The molecule has 12 heavy (non-hydrogen) atoms. The lowest BCUT2D eigenvalue weighted by Crippen LogP contribution is -1.88. The number of H-pyrrole nitrogens is 1. The molecule has 0 radical (unpaired) electrons. The summed E-state index contributed by atoms with van der Waals surface area (Å²) >= 11 is 4.70. The molecule has 0 spiro atoms. The fraction of sp³-hybridized carbons (Fsp3) is 0.625. The average molecular weight is 183 g/mol. The molecule has 0 aliphatic carbocycles. The van der Waals surface area contributed by atoms with Gasteiger partial charge in [-0.05, 0) is 6.42 Å². The van der Waals surface area contributed by atoms with Gasteiger partial charge in [0, 0.05) is 11.8 Å². The van der Waals surface area contributed by atoms with Crippen LogP contribution in [0.5, 0.6) is 0 Å². The third-order valence-electron chi connectivity index (χ3n) is 1.67. The molecule has 66 valence electrons. The number of nitrogens with one attached hydrogen (secondary N) is 1. The summed E-state index contributed by atoms with van der Waals surface area (Å²) in [5.74, 6) is 1.57.